The van der Waals surface area contributed by atoms with Crippen LogP contribution in [0, 0.1) is 7.14 Å². The van der Waals surface area contributed by atoms with Gasteiger partial charge in [-0.3, -0.25) is 0 Å². The van der Waals surface area contributed by atoms with Crippen LogP contribution in [0.5, 0.6) is 11.5 Å². The van der Waals surface area contributed by atoms with Crippen molar-refractivity contribution >= 4 is 105 Å². The molecule has 3 aliphatic rings. The first-order valence-electron chi connectivity index (χ1n) is 32.7. The molecule has 4 heterocycles. The number of nitrogens with one attached hydrogen (secondary N) is 1. The van der Waals surface area contributed by atoms with E-state index in [9.17, 15) is 0 Å². The molecule has 456 valence electrons. The Labute approximate surface area is 571 Å². The average Bonchev–Trinajstić information content (AvgIpc) is 1.46. The summed E-state index contributed by atoms with van der Waals surface area (Å²) in [5.74, 6) is 1.53. The molecular formula is C89H59IN3O2S-. The molecule has 0 fully saturated rings. The minimum atomic E-state index is -0.728. The van der Waals surface area contributed by atoms with E-state index in [1.807, 2.05) is 29.5 Å². The summed E-state index contributed by atoms with van der Waals surface area (Å²) in [5, 5.41) is 8.28. The summed E-state index contributed by atoms with van der Waals surface area (Å²) in [6, 6.07) is 115. The number of halogens is 1. The number of fused-ring (bicyclic) bond motifs is 17. The zero-order valence-corrected chi connectivity index (χ0v) is 55.3. The molecule has 0 radical (unpaired) electrons. The van der Waals surface area contributed by atoms with Crippen LogP contribution in [0.1, 0.15) is 45.9 Å². The molecule has 0 amide bonds. The molecule has 5 nitrogen and oxygen atoms in total. The number of benzene rings is 14. The third kappa shape index (κ3) is 8.94. The molecular weight excluding hydrogens is 1300 g/mol. The molecule has 0 bridgehead atoms. The van der Waals surface area contributed by atoms with Crippen LogP contribution in [0.3, 0.4) is 0 Å². The normalized spacial score (nSPS) is 13.1. The standard InChI is InChI=1S/C89H59IN3O2S/c1-2-23-57-42-43-61(51-59(57)50-56-24-6-3-7-25-56)92(64-52-71-68-32-14-19-39-82(68)94-86(71)72(53-64)69-34-22-38-80-87(69)95-83-40-20-18-37-79(83)91-80)62-44-47-77-75(54-62)89(73-35-16-12-30-66(73)67-31-13-17-36-74(67)89)76-55-63(45-48-78(76)90-77)93(60-28-10-5-11-29-60)81-49-46-65(58-26-8-4-9-27-58)88-85(81)70-33-15-21-41-84(70)96-88/h2-49,51-55,91H,50H2,1H3/q-1/b23-2-. The Morgan fingerprint density at radius 2 is 1.07 bits per heavy atom. The molecule has 0 unspecified atom stereocenters. The number of ether oxygens (including phenoxy) is 1. The molecule has 0 saturated carbocycles. The molecule has 16 aromatic rings. The number of furan rings is 1. The number of hydrogen-bond acceptors (Lipinski definition) is 6. The van der Waals surface area contributed by atoms with E-state index in [1.165, 1.54) is 88.5 Å². The molecule has 1 spiro atoms. The van der Waals surface area contributed by atoms with Crippen LogP contribution < -0.4 is 41.1 Å². The summed E-state index contributed by atoms with van der Waals surface area (Å²) in [6.45, 7) is 2.11. The molecule has 2 aromatic heterocycles. The van der Waals surface area contributed by atoms with Crippen molar-refractivity contribution in [3.63, 3.8) is 0 Å². The van der Waals surface area contributed by atoms with Gasteiger partial charge in [0, 0.05) is 0 Å². The van der Waals surface area contributed by atoms with E-state index in [1.54, 1.807) is 0 Å². The Balaban J connectivity index is 0.867. The third-order valence-corrected chi connectivity index (χ3v) is 23.8. The van der Waals surface area contributed by atoms with Crippen molar-refractivity contribution < 1.29 is 30.4 Å². The van der Waals surface area contributed by atoms with E-state index in [2.05, 4.69) is 325 Å². The van der Waals surface area contributed by atoms with E-state index < -0.39 is 26.6 Å². The summed E-state index contributed by atoms with van der Waals surface area (Å²) in [5.41, 5.74) is 24.9. The number of para-hydroxylation sites is 5. The quantitative estimate of drug-likeness (QED) is 0.131. The molecule has 1 N–H and O–H groups in total. The first kappa shape index (κ1) is 56.3. The van der Waals surface area contributed by atoms with Crippen LogP contribution >= 0.6 is 11.3 Å². The van der Waals surface area contributed by atoms with Gasteiger partial charge < -0.3 is 0 Å². The number of hydrogen-bond donors (Lipinski definition) is 1. The number of anilines is 8. The van der Waals surface area contributed by atoms with Crippen LogP contribution in [0.25, 0.3) is 81.6 Å². The van der Waals surface area contributed by atoms with E-state index in [-0.39, 0.29) is 0 Å². The number of allylic oxidation sites excluding steroid dienone is 1. The molecule has 19 rings (SSSR count). The summed E-state index contributed by atoms with van der Waals surface area (Å²) >= 11 is 1.16. The average molecular weight is 1360 g/mol. The third-order valence-electron chi connectivity index (χ3n) is 19.6. The van der Waals surface area contributed by atoms with E-state index in [4.69, 9.17) is 9.15 Å². The zero-order chi connectivity index (χ0) is 63.4. The predicted molar refractivity (Wildman–Crippen MR) is 395 cm³/mol. The predicted octanol–water partition coefficient (Wildman–Crippen LogP) is 21.5. The number of thiophene rings is 1. The summed E-state index contributed by atoms with van der Waals surface area (Å²) in [6.07, 6.45) is 5.16. The molecule has 0 atom stereocenters. The monoisotopic (exact) mass is 1360 g/mol. The Morgan fingerprint density at radius 3 is 1.84 bits per heavy atom. The SMILES string of the molecule is C/C=C\c1ccc(N(c2ccc3c(c2)C2(c4cc(N(c5ccccc5)c5ccc(-c6ccccc6)c6sc7ccccc7c56)ccc4[I-]3)c3ccccc3-c3ccccc32)c2cc(-c3cccc4c3Oc3ccccc3N4)c3oc4ccccc4c3c2)cc1Cc1ccccc1. The number of rotatable bonds is 11. The van der Waals surface area contributed by atoms with Gasteiger partial charge in [0.05, 0.1) is 5.69 Å². The minimum absolute atomic E-state index is 0.717. The molecule has 14 aromatic carbocycles. The molecule has 96 heavy (non-hydrogen) atoms. The first-order valence-corrected chi connectivity index (χ1v) is 35.7. The molecule has 1 aliphatic carbocycles. The van der Waals surface area contributed by atoms with Gasteiger partial charge in [0.15, 0.2) is 0 Å². The summed E-state index contributed by atoms with van der Waals surface area (Å²) in [7, 11) is 0. The van der Waals surface area contributed by atoms with Crippen molar-refractivity contribution in [3.8, 4) is 44.9 Å². The van der Waals surface area contributed by atoms with Crippen molar-refractivity contribution in [1.82, 2.24) is 0 Å². The fraction of sp³-hybridized carbons (Fsp3) is 0.0337. The van der Waals surface area contributed by atoms with Crippen LogP contribution in [-0.4, -0.2) is 0 Å². The van der Waals surface area contributed by atoms with Gasteiger partial charge in [-0.25, -0.2) is 0 Å². The van der Waals surface area contributed by atoms with Gasteiger partial charge in [-0.15, -0.1) is 0 Å². The van der Waals surface area contributed by atoms with Crippen molar-refractivity contribution in [2.45, 2.75) is 18.8 Å². The van der Waals surface area contributed by atoms with Crippen molar-refractivity contribution in [2.75, 3.05) is 15.1 Å². The van der Waals surface area contributed by atoms with Gasteiger partial charge in [-0.2, -0.15) is 0 Å². The van der Waals surface area contributed by atoms with Gasteiger partial charge in [-0.1, -0.05) is 24.3 Å². The van der Waals surface area contributed by atoms with Gasteiger partial charge in [-0.05, 0) is 12.1 Å². The van der Waals surface area contributed by atoms with E-state index in [0.29, 0.717) is 0 Å². The Hall–Kier alpha value is -11.2. The van der Waals surface area contributed by atoms with Crippen LogP contribution in [-0.2, 0) is 11.8 Å². The van der Waals surface area contributed by atoms with E-state index in [0.717, 1.165) is 96.5 Å². The Bertz CT molecular complexity index is 5790. The van der Waals surface area contributed by atoms with Crippen molar-refractivity contribution in [2.24, 2.45) is 0 Å². The molecule has 7 heteroatoms. The van der Waals surface area contributed by atoms with Gasteiger partial charge >= 0.3 is 534 Å². The second kappa shape index (κ2) is 22.8. The maximum absolute atomic E-state index is 7.05. The van der Waals surface area contributed by atoms with Gasteiger partial charge in [0.25, 0.3) is 0 Å². The fourth-order valence-corrected chi connectivity index (χ4v) is 19.8. The summed E-state index contributed by atoms with van der Waals surface area (Å²) in [4.78, 5) is 5.05. The zero-order valence-electron chi connectivity index (χ0n) is 52.3. The van der Waals surface area contributed by atoms with Gasteiger partial charge in [0.2, 0.25) is 0 Å². The van der Waals surface area contributed by atoms with Crippen LogP contribution in [0.4, 0.5) is 45.5 Å². The van der Waals surface area contributed by atoms with Crippen molar-refractivity contribution in [3.05, 3.63) is 362 Å². The Morgan fingerprint density at radius 1 is 0.448 bits per heavy atom. The van der Waals surface area contributed by atoms with Crippen molar-refractivity contribution in [1.29, 1.82) is 0 Å². The first-order chi connectivity index (χ1) is 47.5. The summed E-state index contributed by atoms with van der Waals surface area (Å²) < 4.78 is 19.4. The molecule has 2 aliphatic heterocycles. The maximum atomic E-state index is 7.05. The van der Waals surface area contributed by atoms with E-state index >= 15 is 0 Å². The number of nitrogens with zero attached hydrogens (tertiary/aromatic N) is 2. The second-order valence-electron chi connectivity index (χ2n) is 25.0. The van der Waals surface area contributed by atoms with Crippen LogP contribution in [0.2, 0.25) is 0 Å². The Kier molecular flexibility index (Phi) is 13.4. The topological polar surface area (TPSA) is 40.9 Å². The van der Waals surface area contributed by atoms with Crippen LogP contribution in [0.15, 0.2) is 320 Å². The van der Waals surface area contributed by atoms with Gasteiger partial charge in [0.1, 0.15) is 0 Å². The molecule has 0 saturated heterocycles. The second-order valence-corrected chi connectivity index (χ2v) is 28.9. The fourth-order valence-electron chi connectivity index (χ4n) is 15.5.